The van der Waals surface area contributed by atoms with Crippen molar-refractivity contribution in [2.75, 3.05) is 13.2 Å². The summed E-state index contributed by atoms with van der Waals surface area (Å²) >= 11 is 0. The molecular formula is C20H28F4O6. The summed E-state index contributed by atoms with van der Waals surface area (Å²) in [6, 6.07) is 0. The van der Waals surface area contributed by atoms with Crippen molar-refractivity contribution in [3.8, 4) is 0 Å². The molecule has 0 amide bonds. The van der Waals surface area contributed by atoms with Crippen molar-refractivity contribution in [1.82, 2.24) is 0 Å². The maximum atomic E-state index is 13.5. The highest BCUT2D eigenvalue weighted by Crippen LogP contribution is 2.72. The van der Waals surface area contributed by atoms with Gasteiger partial charge in [-0.05, 0) is 18.3 Å². The Hall–Kier alpha value is -1.42. The number of hydrogen-bond acceptors (Lipinski definition) is 6. The largest absolute Gasteiger partial charge is 0.458 e. The standard InChI is InChI=1S/C20H28F4O6/c1-6-19(23,24)15(26)27-9-11-10-28-20(30-11)13(29-14(25)18(5,21)22)12-7-8-17(20,4)16(12,2)3/h11-13H,6-10H2,1-5H3. The molecule has 2 bridgehead atoms. The van der Waals surface area contributed by atoms with Crippen molar-refractivity contribution < 1.29 is 46.1 Å². The molecule has 5 atom stereocenters. The zero-order valence-corrected chi connectivity index (χ0v) is 17.7. The molecule has 5 unspecified atom stereocenters. The maximum Gasteiger partial charge on any atom is 0.377 e. The third-order valence-corrected chi connectivity index (χ3v) is 7.37. The number of carbonyl (C=O) groups is 2. The molecule has 3 fully saturated rings. The lowest BCUT2D eigenvalue weighted by Crippen LogP contribution is -2.57. The Balaban J connectivity index is 1.81. The van der Waals surface area contributed by atoms with Gasteiger partial charge in [0.2, 0.25) is 5.79 Å². The number of ether oxygens (including phenoxy) is 4. The number of fused-ring (bicyclic) bond motifs is 3. The molecule has 0 N–H and O–H groups in total. The number of alkyl halides is 4. The smallest absolute Gasteiger partial charge is 0.377 e. The maximum absolute atomic E-state index is 13.5. The van der Waals surface area contributed by atoms with E-state index in [0.29, 0.717) is 19.8 Å². The average Bonchev–Trinajstić information content (AvgIpc) is 3.20. The Bertz CT molecular complexity index is 721. The van der Waals surface area contributed by atoms with E-state index in [4.69, 9.17) is 18.9 Å². The van der Waals surface area contributed by atoms with Gasteiger partial charge in [0.05, 0.1) is 6.61 Å². The minimum Gasteiger partial charge on any atom is -0.458 e. The lowest BCUT2D eigenvalue weighted by atomic mass is 9.68. The molecule has 30 heavy (non-hydrogen) atoms. The van der Waals surface area contributed by atoms with Gasteiger partial charge >= 0.3 is 23.8 Å². The number of rotatable bonds is 6. The molecule has 0 aromatic carbocycles. The molecule has 3 rings (SSSR count). The first-order valence-corrected chi connectivity index (χ1v) is 10.1. The summed E-state index contributed by atoms with van der Waals surface area (Å²) in [5.41, 5.74) is -1.16. The Morgan fingerprint density at radius 2 is 1.77 bits per heavy atom. The van der Waals surface area contributed by atoms with Gasteiger partial charge in [-0.1, -0.05) is 27.7 Å². The second kappa shape index (κ2) is 7.05. The fourth-order valence-electron chi connectivity index (χ4n) is 5.12. The van der Waals surface area contributed by atoms with Crippen LogP contribution in [0.25, 0.3) is 0 Å². The minimum absolute atomic E-state index is 0.111. The number of esters is 2. The monoisotopic (exact) mass is 440 g/mol. The Morgan fingerprint density at radius 3 is 2.33 bits per heavy atom. The highest BCUT2D eigenvalue weighted by atomic mass is 19.3. The van der Waals surface area contributed by atoms with Gasteiger partial charge in [-0.15, -0.1) is 0 Å². The Morgan fingerprint density at radius 1 is 1.13 bits per heavy atom. The first-order chi connectivity index (χ1) is 13.6. The fraction of sp³-hybridized carbons (Fsp3) is 0.900. The van der Waals surface area contributed by atoms with Crippen LogP contribution in [-0.4, -0.2) is 55.0 Å². The van der Waals surface area contributed by atoms with E-state index in [1.165, 1.54) is 0 Å². The van der Waals surface area contributed by atoms with Crippen molar-refractivity contribution in [2.45, 2.75) is 83.7 Å². The van der Waals surface area contributed by atoms with E-state index in [1.54, 1.807) is 0 Å². The first-order valence-electron chi connectivity index (χ1n) is 10.1. The van der Waals surface area contributed by atoms with Crippen molar-refractivity contribution in [2.24, 2.45) is 16.7 Å². The van der Waals surface area contributed by atoms with Crippen molar-refractivity contribution >= 4 is 11.9 Å². The molecule has 3 aliphatic rings. The SMILES string of the molecule is CCC(F)(F)C(=O)OCC1COC2(O1)C(OC(=O)C(C)(F)F)C1CCC2(C)C1(C)C. The first kappa shape index (κ1) is 23.2. The minimum atomic E-state index is -3.69. The molecule has 0 aromatic rings. The van der Waals surface area contributed by atoms with Crippen LogP contribution in [0.5, 0.6) is 0 Å². The van der Waals surface area contributed by atoms with Gasteiger partial charge in [0, 0.05) is 24.7 Å². The van der Waals surface area contributed by atoms with Crippen LogP contribution < -0.4 is 0 Å². The van der Waals surface area contributed by atoms with Crippen molar-refractivity contribution in [3.63, 3.8) is 0 Å². The number of carbonyl (C=O) groups excluding carboxylic acids is 2. The predicted octanol–water partition coefficient (Wildman–Crippen LogP) is 3.71. The molecule has 0 aromatic heterocycles. The predicted molar refractivity (Wildman–Crippen MR) is 94.9 cm³/mol. The molecule has 10 heteroatoms. The third-order valence-electron chi connectivity index (χ3n) is 7.37. The van der Waals surface area contributed by atoms with Gasteiger partial charge in [0.1, 0.15) is 12.7 Å². The molecule has 1 saturated heterocycles. The summed E-state index contributed by atoms with van der Waals surface area (Å²) in [6.07, 6.45) is -1.41. The second-order valence-electron chi connectivity index (χ2n) is 9.29. The van der Waals surface area contributed by atoms with Crippen LogP contribution in [0.3, 0.4) is 0 Å². The van der Waals surface area contributed by atoms with E-state index in [2.05, 4.69) is 0 Å². The third kappa shape index (κ3) is 3.21. The lowest BCUT2D eigenvalue weighted by molar-refractivity contribution is -0.292. The van der Waals surface area contributed by atoms with Gasteiger partial charge in [0.15, 0.2) is 6.10 Å². The summed E-state index contributed by atoms with van der Waals surface area (Å²) in [5.74, 6) is -12.5. The van der Waals surface area contributed by atoms with Crippen LogP contribution in [0.4, 0.5) is 17.6 Å². The van der Waals surface area contributed by atoms with Crippen LogP contribution in [0.15, 0.2) is 0 Å². The van der Waals surface area contributed by atoms with Crippen molar-refractivity contribution in [3.05, 3.63) is 0 Å². The van der Waals surface area contributed by atoms with E-state index in [9.17, 15) is 27.2 Å². The van der Waals surface area contributed by atoms with Crippen LogP contribution in [-0.2, 0) is 28.5 Å². The van der Waals surface area contributed by atoms with Gasteiger partial charge in [-0.25, -0.2) is 9.59 Å². The summed E-state index contributed by atoms with van der Waals surface area (Å²) in [5, 5.41) is 0. The summed E-state index contributed by atoms with van der Waals surface area (Å²) in [7, 11) is 0. The van der Waals surface area contributed by atoms with E-state index < -0.39 is 65.6 Å². The van der Waals surface area contributed by atoms with Gasteiger partial charge in [-0.3, -0.25) is 0 Å². The highest BCUT2D eigenvalue weighted by Gasteiger charge is 2.79. The zero-order chi connectivity index (χ0) is 22.8. The Kier molecular flexibility index (Phi) is 5.46. The van der Waals surface area contributed by atoms with Crippen LogP contribution in [0.1, 0.15) is 53.9 Å². The average molecular weight is 440 g/mol. The number of hydrogen-bond donors (Lipinski definition) is 0. The van der Waals surface area contributed by atoms with Gasteiger partial charge < -0.3 is 18.9 Å². The quantitative estimate of drug-likeness (QED) is 0.463. The van der Waals surface area contributed by atoms with Gasteiger partial charge in [-0.2, -0.15) is 17.6 Å². The van der Waals surface area contributed by atoms with E-state index in [0.717, 1.165) is 6.92 Å². The fourth-order valence-corrected chi connectivity index (χ4v) is 5.12. The summed E-state index contributed by atoms with van der Waals surface area (Å²) in [4.78, 5) is 23.5. The van der Waals surface area contributed by atoms with E-state index in [1.807, 2.05) is 20.8 Å². The lowest BCUT2D eigenvalue weighted by Gasteiger charge is -2.46. The molecule has 0 radical (unpaired) electrons. The van der Waals surface area contributed by atoms with Crippen LogP contribution in [0.2, 0.25) is 0 Å². The summed E-state index contributed by atoms with van der Waals surface area (Å²) < 4.78 is 75.8. The zero-order valence-electron chi connectivity index (χ0n) is 17.7. The van der Waals surface area contributed by atoms with Crippen LogP contribution in [0, 0.1) is 16.7 Å². The Labute approximate surface area is 172 Å². The molecular weight excluding hydrogens is 412 g/mol. The van der Waals surface area contributed by atoms with Crippen molar-refractivity contribution in [1.29, 1.82) is 0 Å². The topological polar surface area (TPSA) is 71.1 Å². The normalized spacial score (nSPS) is 37.6. The number of halogens is 4. The molecule has 1 spiro atoms. The highest BCUT2D eigenvalue weighted by molar-refractivity contribution is 5.77. The molecule has 1 aliphatic heterocycles. The van der Waals surface area contributed by atoms with Gasteiger partial charge in [0.25, 0.3) is 0 Å². The molecule has 1 heterocycles. The molecule has 172 valence electrons. The molecule has 2 aliphatic carbocycles. The molecule has 6 nitrogen and oxygen atoms in total. The molecule has 2 saturated carbocycles. The van der Waals surface area contributed by atoms with Crippen LogP contribution >= 0.6 is 0 Å². The summed E-state index contributed by atoms with van der Waals surface area (Å²) in [6.45, 7) is 6.77. The van der Waals surface area contributed by atoms with E-state index >= 15 is 0 Å². The second-order valence-corrected chi connectivity index (χ2v) is 9.29. The van der Waals surface area contributed by atoms with E-state index in [-0.39, 0.29) is 12.5 Å².